The third-order valence-corrected chi connectivity index (χ3v) is 6.12. The lowest BCUT2D eigenvalue weighted by molar-refractivity contribution is 0.170. The van der Waals surface area contributed by atoms with E-state index in [1.165, 1.54) is 32.1 Å². The Balaban J connectivity index is 1.90. The van der Waals surface area contributed by atoms with Crippen molar-refractivity contribution in [3.8, 4) is 0 Å². The Morgan fingerprint density at radius 3 is 3.00 bits per heavy atom. The van der Waals surface area contributed by atoms with Gasteiger partial charge in [-0.05, 0) is 42.9 Å². The summed E-state index contributed by atoms with van der Waals surface area (Å²) in [5, 5.41) is 0.456. The molecule has 0 aromatic heterocycles. The highest BCUT2D eigenvalue weighted by Crippen LogP contribution is 2.80. The first kappa shape index (κ1) is 7.34. The average molecular weight is 195 g/mol. The van der Waals surface area contributed by atoms with Gasteiger partial charge in [-0.15, -0.1) is 11.6 Å². The highest BCUT2D eigenvalue weighted by atomic mass is 35.5. The third-order valence-electron chi connectivity index (χ3n) is 5.41. The molecule has 3 saturated carbocycles. The molecule has 0 amide bonds. The fourth-order valence-electron chi connectivity index (χ4n) is 4.78. The van der Waals surface area contributed by atoms with E-state index in [0.29, 0.717) is 16.2 Å². The summed E-state index contributed by atoms with van der Waals surface area (Å²) >= 11 is 6.59. The lowest BCUT2D eigenvalue weighted by atomic mass is 9.67. The van der Waals surface area contributed by atoms with Gasteiger partial charge in [0.25, 0.3) is 0 Å². The summed E-state index contributed by atoms with van der Waals surface area (Å²) in [5.74, 6) is 1.78. The van der Waals surface area contributed by atoms with Crippen molar-refractivity contribution in [1.82, 2.24) is 0 Å². The van der Waals surface area contributed by atoms with Gasteiger partial charge >= 0.3 is 0 Å². The van der Waals surface area contributed by atoms with Gasteiger partial charge in [0.1, 0.15) is 0 Å². The van der Waals surface area contributed by atoms with Crippen molar-refractivity contribution in [2.24, 2.45) is 22.7 Å². The zero-order chi connectivity index (χ0) is 8.68. The number of hydrogen-bond acceptors (Lipinski definition) is 0. The Bertz CT molecular complexity index is 308. The van der Waals surface area contributed by atoms with Gasteiger partial charge in [-0.25, -0.2) is 0 Å². The summed E-state index contributed by atoms with van der Waals surface area (Å²) in [6.07, 6.45) is 12.1. The Kier molecular flexibility index (Phi) is 1.05. The average Bonchev–Trinajstić information content (AvgIpc) is 2.72. The summed E-state index contributed by atoms with van der Waals surface area (Å²) in [6, 6.07) is 0. The Morgan fingerprint density at radius 2 is 2.23 bits per heavy atom. The lowest BCUT2D eigenvalue weighted by Crippen LogP contribution is -2.34. The van der Waals surface area contributed by atoms with E-state index in [4.69, 9.17) is 11.6 Å². The van der Waals surface area contributed by atoms with Crippen LogP contribution in [-0.2, 0) is 0 Å². The first-order valence-electron chi connectivity index (χ1n) is 5.62. The van der Waals surface area contributed by atoms with Gasteiger partial charge in [-0.1, -0.05) is 18.6 Å². The summed E-state index contributed by atoms with van der Waals surface area (Å²) in [7, 11) is 0. The number of halogens is 1. The molecule has 4 aliphatic rings. The molecule has 5 unspecified atom stereocenters. The van der Waals surface area contributed by atoms with Gasteiger partial charge in [0.05, 0.1) is 0 Å². The van der Waals surface area contributed by atoms with Gasteiger partial charge < -0.3 is 0 Å². The van der Waals surface area contributed by atoms with Crippen LogP contribution < -0.4 is 0 Å². The zero-order valence-corrected chi connectivity index (χ0v) is 8.56. The minimum Gasteiger partial charge on any atom is -0.121 e. The quantitative estimate of drug-likeness (QED) is 0.410. The van der Waals surface area contributed by atoms with Crippen molar-refractivity contribution >= 4 is 11.6 Å². The second-order valence-electron chi connectivity index (χ2n) is 5.62. The maximum atomic E-state index is 6.59. The van der Waals surface area contributed by atoms with Crippen molar-refractivity contribution in [2.45, 2.75) is 37.5 Å². The molecular weight excluding hydrogens is 180 g/mol. The summed E-state index contributed by atoms with van der Waals surface area (Å²) in [4.78, 5) is 0. The van der Waals surface area contributed by atoms with Gasteiger partial charge in [-0.2, -0.15) is 0 Å². The van der Waals surface area contributed by atoms with Crippen LogP contribution in [0.3, 0.4) is 0 Å². The lowest BCUT2D eigenvalue weighted by Gasteiger charge is -2.39. The normalized spacial score (nSPS) is 66.4. The van der Waals surface area contributed by atoms with Crippen LogP contribution in [0.25, 0.3) is 0 Å². The first-order chi connectivity index (χ1) is 6.29. The Hall–Kier alpha value is 0.0300. The molecule has 4 aliphatic carbocycles. The van der Waals surface area contributed by atoms with Crippen molar-refractivity contribution in [3.05, 3.63) is 12.2 Å². The number of fused-ring (bicyclic) bond motifs is 1. The summed E-state index contributed by atoms with van der Waals surface area (Å²) < 4.78 is 0. The molecule has 5 atom stereocenters. The number of hydrogen-bond donors (Lipinski definition) is 0. The Labute approximate surface area is 84.3 Å². The van der Waals surface area contributed by atoms with E-state index in [1.54, 1.807) is 0 Å². The molecule has 0 aromatic carbocycles. The molecule has 0 heterocycles. The summed E-state index contributed by atoms with van der Waals surface area (Å²) in [6.45, 7) is 0. The van der Waals surface area contributed by atoms with Crippen molar-refractivity contribution in [3.63, 3.8) is 0 Å². The monoisotopic (exact) mass is 194 g/mol. The molecule has 1 heteroatoms. The highest BCUT2D eigenvalue weighted by Gasteiger charge is 2.74. The van der Waals surface area contributed by atoms with Crippen LogP contribution in [0.2, 0.25) is 0 Å². The van der Waals surface area contributed by atoms with Crippen LogP contribution in [0.4, 0.5) is 0 Å². The predicted molar refractivity (Wildman–Crippen MR) is 53.7 cm³/mol. The second kappa shape index (κ2) is 1.86. The minimum atomic E-state index is 0.456. The molecule has 0 N–H and O–H groups in total. The van der Waals surface area contributed by atoms with Gasteiger partial charge in [0, 0.05) is 10.8 Å². The van der Waals surface area contributed by atoms with E-state index in [0.717, 1.165) is 11.8 Å². The summed E-state index contributed by atoms with van der Waals surface area (Å²) in [5.41, 5.74) is 1.17. The van der Waals surface area contributed by atoms with E-state index in [9.17, 15) is 0 Å². The van der Waals surface area contributed by atoms with E-state index >= 15 is 0 Å². The SMILES string of the molecule is ClC1C2C=CC13CCCC1CC13C2. The molecule has 13 heavy (non-hydrogen) atoms. The van der Waals surface area contributed by atoms with Crippen molar-refractivity contribution in [1.29, 1.82) is 0 Å². The second-order valence-corrected chi connectivity index (χ2v) is 6.09. The molecule has 4 rings (SSSR count). The van der Waals surface area contributed by atoms with Gasteiger partial charge in [-0.3, -0.25) is 0 Å². The van der Waals surface area contributed by atoms with Crippen LogP contribution in [0, 0.1) is 22.7 Å². The first-order valence-corrected chi connectivity index (χ1v) is 6.06. The largest absolute Gasteiger partial charge is 0.121 e. The third kappa shape index (κ3) is 0.571. The predicted octanol–water partition coefficient (Wildman–Crippen LogP) is 3.36. The molecule has 0 nitrogen and oxygen atoms in total. The van der Waals surface area contributed by atoms with Crippen LogP contribution in [0.1, 0.15) is 32.1 Å². The highest BCUT2D eigenvalue weighted by molar-refractivity contribution is 6.22. The zero-order valence-electron chi connectivity index (χ0n) is 7.80. The molecule has 0 aliphatic heterocycles. The van der Waals surface area contributed by atoms with Crippen LogP contribution >= 0.6 is 11.6 Å². The maximum absolute atomic E-state index is 6.59. The number of alkyl halides is 1. The van der Waals surface area contributed by atoms with Gasteiger partial charge in [0.15, 0.2) is 0 Å². The van der Waals surface area contributed by atoms with E-state index in [-0.39, 0.29) is 0 Å². The van der Waals surface area contributed by atoms with Crippen LogP contribution in [-0.4, -0.2) is 5.38 Å². The molecular formula is C12H15Cl. The van der Waals surface area contributed by atoms with E-state index in [2.05, 4.69) is 12.2 Å². The molecule has 2 spiro atoms. The number of allylic oxidation sites excluding steroid dienone is 2. The topological polar surface area (TPSA) is 0 Å². The fraction of sp³-hybridized carbons (Fsp3) is 0.833. The fourth-order valence-corrected chi connectivity index (χ4v) is 5.35. The number of rotatable bonds is 0. The maximum Gasteiger partial charge on any atom is 0.0495 e. The van der Waals surface area contributed by atoms with Crippen LogP contribution in [0.15, 0.2) is 12.2 Å². The standard InChI is InChI=1S/C12H15Cl/c13-10-8-3-5-11(10)4-1-2-9-7-12(9,11)6-8/h3,5,8-10H,1-2,4,6-7H2. The molecule has 0 radical (unpaired) electrons. The van der Waals surface area contributed by atoms with E-state index < -0.39 is 0 Å². The van der Waals surface area contributed by atoms with Crippen LogP contribution in [0.5, 0.6) is 0 Å². The molecule has 0 saturated heterocycles. The van der Waals surface area contributed by atoms with Crippen molar-refractivity contribution in [2.75, 3.05) is 0 Å². The molecule has 3 fully saturated rings. The molecule has 2 bridgehead atoms. The minimum absolute atomic E-state index is 0.456. The van der Waals surface area contributed by atoms with E-state index in [1.807, 2.05) is 0 Å². The smallest absolute Gasteiger partial charge is 0.0495 e. The van der Waals surface area contributed by atoms with Crippen molar-refractivity contribution < 1.29 is 0 Å². The van der Waals surface area contributed by atoms with Gasteiger partial charge in [0.2, 0.25) is 0 Å². The molecule has 0 aromatic rings. The molecule has 70 valence electrons. The Morgan fingerprint density at radius 1 is 1.31 bits per heavy atom.